The summed E-state index contributed by atoms with van der Waals surface area (Å²) in [6.07, 6.45) is 0.0767. The van der Waals surface area contributed by atoms with Crippen molar-refractivity contribution in [3.05, 3.63) is 104 Å². The van der Waals surface area contributed by atoms with E-state index in [0.29, 0.717) is 23.1 Å². The number of amides is 3. The number of aliphatic hydroxyl groups is 1. The van der Waals surface area contributed by atoms with Crippen LogP contribution in [0.4, 0.5) is 0 Å². The van der Waals surface area contributed by atoms with Gasteiger partial charge in [-0.25, -0.2) is 4.98 Å². The molecule has 5 aromatic rings. The molecule has 0 radical (unpaired) electrons. The van der Waals surface area contributed by atoms with Crippen molar-refractivity contribution in [2.24, 2.45) is 10.4 Å². The fourth-order valence-corrected chi connectivity index (χ4v) is 10.6. The normalized spacial score (nSPS) is 17.2. The molecule has 0 saturated carbocycles. The lowest BCUT2D eigenvalue weighted by Gasteiger charge is -2.35. The second kappa shape index (κ2) is 23.1. The van der Waals surface area contributed by atoms with Gasteiger partial charge in [0.1, 0.15) is 29.5 Å². The molecule has 0 aliphatic carbocycles. The third kappa shape index (κ3) is 12.8. The summed E-state index contributed by atoms with van der Waals surface area (Å²) in [4.78, 5) is 67.0. The number of benzene rings is 2. The van der Waals surface area contributed by atoms with E-state index in [1.165, 1.54) is 4.90 Å². The minimum atomic E-state index is -0.956. The zero-order valence-electron chi connectivity index (χ0n) is 40.2. The van der Waals surface area contributed by atoms with Gasteiger partial charge in [-0.3, -0.25) is 28.7 Å². The van der Waals surface area contributed by atoms with Crippen LogP contribution in [0, 0.1) is 33.1 Å². The molecule has 1 saturated heterocycles. The van der Waals surface area contributed by atoms with Crippen molar-refractivity contribution >= 4 is 63.5 Å². The van der Waals surface area contributed by atoms with Gasteiger partial charge in [0.15, 0.2) is 11.6 Å². The molecule has 0 bridgehead atoms. The Morgan fingerprint density at radius 1 is 0.899 bits per heavy atom. The van der Waals surface area contributed by atoms with E-state index >= 15 is 0 Å². The summed E-state index contributed by atoms with van der Waals surface area (Å²) in [5.41, 5.74) is 7.95. The minimum Gasteiger partial charge on any atom is -0.391 e. The number of Topliss-reactive ketones (excluding diaryl/α,β-unsaturated/α-hetero) is 1. The van der Waals surface area contributed by atoms with Crippen LogP contribution in [0.5, 0.6) is 0 Å². The molecule has 4 atom stereocenters. The number of hydrogen-bond acceptors (Lipinski definition) is 14. The Morgan fingerprint density at radius 2 is 1.58 bits per heavy atom. The summed E-state index contributed by atoms with van der Waals surface area (Å²) in [7, 11) is 0. The average Bonchev–Trinajstić information content (AvgIpc) is 4.08. The molecule has 5 heterocycles. The highest BCUT2D eigenvalue weighted by Crippen LogP contribution is 2.40. The number of hydrogen-bond donors (Lipinski definition) is 3. The van der Waals surface area contributed by atoms with Crippen LogP contribution in [0.1, 0.15) is 90.5 Å². The maximum absolute atomic E-state index is 14.0. The molecule has 0 spiro atoms. The van der Waals surface area contributed by atoms with Crippen LogP contribution >= 0.6 is 34.3 Å². The molecule has 19 heteroatoms. The number of aromatic nitrogens is 4. The Balaban J connectivity index is 0.797. The summed E-state index contributed by atoms with van der Waals surface area (Å²) in [6.45, 7) is 14.7. The molecule has 2 aromatic carbocycles. The Labute approximate surface area is 415 Å². The minimum absolute atomic E-state index is 0.0119. The van der Waals surface area contributed by atoms with Gasteiger partial charge in [0, 0.05) is 47.0 Å². The first-order chi connectivity index (χ1) is 33.0. The average molecular weight is 1000 g/mol. The first kappa shape index (κ1) is 51.6. The number of carbonyl (C=O) groups is 4. The molecule has 3 aromatic heterocycles. The van der Waals surface area contributed by atoms with E-state index in [1.54, 1.807) is 22.7 Å². The predicted molar refractivity (Wildman–Crippen MR) is 266 cm³/mol. The number of nitrogens with one attached hydrogen (secondary N) is 2. The number of carbonyl (C=O) groups excluding carboxylic acids is 4. The lowest BCUT2D eigenvalue weighted by Crippen LogP contribution is -2.57. The van der Waals surface area contributed by atoms with Gasteiger partial charge in [0.25, 0.3) is 0 Å². The van der Waals surface area contributed by atoms with Crippen LogP contribution in [0.15, 0.2) is 59.0 Å². The number of thiazole rings is 1. The number of aryl methyl sites for hydroxylation is 4. The molecule has 69 heavy (non-hydrogen) atoms. The summed E-state index contributed by atoms with van der Waals surface area (Å²) in [6, 6.07) is 13.3. The molecule has 16 nitrogen and oxygen atoms in total. The van der Waals surface area contributed by atoms with Gasteiger partial charge >= 0.3 is 0 Å². The number of likely N-dealkylation sites (tertiary alicyclic amines) is 1. The maximum atomic E-state index is 14.0. The monoisotopic (exact) mass is 1000 g/mol. The SMILES string of the molecule is Cc1ncsc1-c1ccc(CCC(=O)[C@@H]2C[C@@H](O)CN2C(=O)[C@@H](NC(=O)COCCOCCOCCNC(=O)C[C@H]2N=C(c3ccc(Cl)cc3)c3c(sc(C)c3C)-n3c(C)nnc32)C(C)(C)C)cc1. The van der Waals surface area contributed by atoms with Crippen molar-refractivity contribution in [2.45, 2.75) is 98.4 Å². The fraction of sp³-hybridized carbons (Fsp3) is 0.480. The van der Waals surface area contributed by atoms with Crippen molar-refractivity contribution < 1.29 is 38.5 Å². The van der Waals surface area contributed by atoms with Gasteiger partial charge in [-0.2, -0.15) is 0 Å². The van der Waals surface area contributed by atoms with E-state index in [2.05, 4.69) is 39.7 Å². The number of rotatable bonds is 21. The Hall–Kier alpha value is -5.21. The van der Waals surface area contributed by atoms with E-state index in [9.17, 15) is 24.3 Å². The molecule has 3 N–H and O–H groups in total. The first-order valence-electron chi connectivity index (χ1n) is 23.2. The largest absolute Gasteiger partial charge is 0.391 e. The number of fused-ring (bicyclic) bond motifs is 3. The fourth-order valence-electron chi connectivity index (χ4n) is 8.46. The standard InChI is InChI=1S/C50H61ClN8O8S2/c1-29-31(3)69-49-43(29)44(34-13-15-36(51)16-14-34)54-38(47-57-56-32(4)59(47)49)25-41(62)52-18-19-65-20-21-66-22-23-67-27-42(63)55-46(50(5,6)7)48(64)58-26-37(60)24-39(58)40(61)17-10-33-8-11-35(12-9-33)45-30(2)53-28-68-45/h8-9,11-16,28,37-39,46,60H,10,17-27H2,1-7H3,(H,52,62)(H,55,63)/t37-,38-,39+,46-/m1/s1. The van der Waals surface area contributed by atoms with Gasteiger partial charge in [-0.1, -0.05) is 68.8 Å². The van der Waals surface area contributed by atoms with E-state index in [1.807, 2.05) is 93.2 Å². The number of halogens is 1. The number of β-amino-alcohol motifs (C(OH)–C–C–N with tert-alkyl or cyclic N) is 1. The number of ether oxygens (including phenoxy) is 3. The number of aliphatic hydroxyl groups excluding tert-OH is 1. The van der Waals surface area contributed by atoms with Crippen LogP contribution in [0.25, 0.3) is 15.4 Å². The van der Waals surface area contributed by atoms with Gasteiger partial charge in [-0.05, 0) is 68.4 Å². The van der Waals surface area contributed by atoms with Crippen LogP contribution < -0.4 is 10.6 Å². The highest BCUT2D eigenvalue weighted by Gasteiger charge is 2.44. The molecule has 1 fully saturated rings. The molecule has 0 unspecified atom stereocenters. The van der Waals surface area contributed by atoms with Crippen molar-refractivity contribution in [3.63, 3.8) is 0 Å². The first-order valence-corrected chi connectivity index (χ1v) is 25.2. The Bertz CT molecular complexity index is 2640. The lowest BCUT2D eigenvalue weighted by molar-refractivity contribution is -0.144. The van der Waals surface area contributed by atoms with E-state index in [-0.39, 0.29) is 83.7 Å². The molecule has 3 amide bonds. The third-order valence-electron chi connectivity index (χ3n) is 12.3. The van der Waals surface area contributed by atoms with E-state index < -0.39 is 41.5 Å². The smallest absolute Gasteiger partial charge is 0.246 e. The number of ketones is 1. The molecule has 2 aliphatic rings. The lowest BCUT2D eigenvalue weighted by atomic mass is 9.85. The second-order valence-electron chi connectivity index (χ2n) is 18.4. The Morgan fingerprint density at radius 3 is 2.26 bits per heavy atom. The zero-order chi connectivity index (χ0) is 49.4. The Kier molecular flexibility index (Phi) is 17.3. The van der Waals surface area contributed by atoms with E-state index in [0.717, 1.165) is 54.0 Å². The van der Waals surface area contributed by atoms with Crippen LogP contribution in [-0.4, -0.2) is 130 Å². The molecular formula is C50H61ClN8O8S2. The maximum Gasteiger partial charge on any atom is 0.246 e. The topological polar surface area (TPSA) is 199 Å². The zero-order valence-corrected chi connectivity index (χ0v) is 42.6. The number of aliphatic imine (C=N–C) groups is 1. The van der Waals surface area contributed by atoms with Gasteiger partial charge in [0.2, 0.25) is 17.7 Å². The van der Waals surface area contributed by atoms with E-state index in [4.69, 9.17) is 30.8 Å². The third-order valence-corrected chi connectivity index (χ3v) is 14.7. The van der Waals surface area contributed by atoms with Crippen molar-refractivity contribution in [3.8, 4) is 15.4 Å². The highest BCUT2D eigenvalue weighted by atomic mass is 35.5. The summed E-state index contributed by atoms with van der Waals surface area (Å²) in [5.74, 6) is 0.0805. The van der Waals surface area contributed by atoms with Crippen LogP contribution in [0.2, 0.25) is 5.02 Å². The molecule has 368 valence electrons. The van der Waals surface area contributed by atoms with Crippen molar-refractivity contribution in [1.29, 1.82) is 0 Å². The summed E-state index contributed by atoms with van der Waals surface area (Å²) in [5, 5.41) is 26.8. The summed E-state index contributed by atoms with van der Waals surface area (Å²) < 4.78 is 18.9. The molecular weight excluding hydrogens is 940 g/mol. The van der Waals surface area contributed by atoms with Gasteiger partial charge in [0.05, 0.1) is 73.4 Å². The predicted octanol–water partition coefficient (Wildman–Crippen LogP) is 6.48. The van der Waals surface area contributed by atoms with Crippen molar-refractivity contribution in [2.75, 3.05) is 52.7 Å². The van der Waals surface area contributed by atoms with Crippen molar-refractivity contribution in [1.82, 2.24) is 35.3 Å². The summed E-state index contributed by atoms with van der Waals surface area (Å²) >= 11 is 9.47. The molecule has 7 rings (SSSR count). The van der Waals surface area contributed by atoms with Gasteiger partial charge < -0.3 is 34.9 Å². The van der Waals surface area contributed by atoms with Crippen LogP contribution in [0.3, 0.4) is 0 Å². The number of thiophene rings is 1. The van der Waals surface area contributed by atoms with Crippen LogP contribution in [-0.2, 0) is 39.8 Å². The van der Waals surface area contributed by atoms with Gasteiger partial charge in [-0.15, -0.1) is 32.9 Å². The second-order valence-corrected chi connectivity index (χ2v) is 20.9. The molecule has 2 aliphatic heterocycles. The quantitative estimate of drug-likeness (QED) is 0.0680. The number of nitrogens with zero attached hydrogens (tertiary/aromatic N) is 6. The highest BCUT2D eigenvalue weighted by molar-refractivity contribution is 7.15.